The number of benzene rings is 1. The van der Waals surface area contributed by atoms with Crippen molar-refractivity contribution in [3.63, 3.8) is 0 Å². The normalized spacial score (nSPS) is 11.2. The van der Waals surface area contributed by atoms with Gasteiger partial charge in [0.05, 0.1) is 12.2 Å². The van der Waals surface area contributed by atoms with Crippen LogP contribution in [-0.2, 0) is 13.1 Å². The second kappa shape index (κ2) is 6.02. The predicted molar refractivity (Wildman–Crippen MR) is 79.2 cm³/mol. The summed E-state index contributed by atoms with van der Waals surface area (Å²) in [7, 11) is 0. The summed E-state index contributed by atoms with van der Waals surface area (Å²) < 4.78 is 2.09. The van der Waals surface area contributed by atoms with Crippen molar-refractivity contribution in [1.29, 1.82) is 0 Å². The van der Waals surface area contributed by atoms with Gasteiger partial charge in [-0.05, 0) is 36.6 Å². The van der Waals surface area contributed by atoms with E-state index in [2.05, 4.69) is 67.1 Å². The summed E-state index contributed by atoms with van der Waals surface area (Å²) in [6, 6.07) is 9.01. The molecule has 3 nitrogen and oxygen atoms in total. The maximum absolute atomic E-state index is 4.45. The van der Waals surface area contributed by atoms with Gasteiger partial charge in [-0.3, -0.25) is 4.68 Å². The lowest BCUT2D eigenvalue weighted by Crippen LogP contribution is -2.24. The van der Waals surface area contributed by atoms with Gasteiger partial charge in [-0.25, -0.2) is 0 Å². The lowest BCUT2D eigenvalue weighted by Gasteiger charge is -2.14. The van der Waals surface area contributed by atoms with Crippen molar-refractivity contribution in [3.8, 4) is 0 Å². The monoisotopic (exact) mass is 257 g/mol. The van der Waals surface area contributed by atoms with E-state index in [9.17, 15) is 0 Å². The SMILES string of the molecule is Cc1cccc(C)c1Cn1nccc1CNC(C)C. The highest BCUT2D eigenvalue weighted by atomic mass is 15.3. The molecule has 0 aliphatic rings. The number of rotatable bonds is 5. The minimum Gasteiger partial charge on any atom is -0.309 e. The molecule has 1 N–H and O–H groups in total. The molecule has 0 saturated carbocycles. The summed E-state index contributed by atoms with van der Waals surface area (Å²) in [5.41, 5.74) is 5.27. The van der Waals surface area contributed by atoms with Gasteiger partial charge < -0.3 is 5.32 Å². The van der Waals surface area contributed by atoms with Crippen LogP contribution in [0.2, 0.25) is 0 Å². The third-order valence-electron chi connectivity index (χ3n) is 3.45. The summed E-state index contributed by atoms with van der Waals surface area (Å²) in [4.78, 5) is 0. The van der Waals surface area contributed by atoms with E-state index in [-0.39, 0.29) is 0 Å². The number of hydrogen-bond acceptors (Lipinski definition) is 2. The smallest absolute Gasteiger partial charge is 0.0668 e. The van der Waals surface area contributed by atoms with Crippen LogP contribution >= 0.6 is 0 Å². The molecule has 0 aliphatic heterocycles. The Kier molecular flexibility index (Phi) is 4.38. The molecule has 0 unspecified atom stereocenters. The molecule has 3 heteroatoms. The third-order valence-corrected chi connectivity index (χ3v) is 3.45. The van der Waals surface area contributed by atoms with Gasteiger partial charge in [0.25, 0.3) is 0 Å². The molecule has 0 amide bonds. The van der Waals surface area contributed by atoms with Crippen LogP contribution in [0.5, 0.6) is 0 Å². The summed E-state index contributed by atoms with van der Waals surface area (Å²) in [5, 5.41) is 7.89. The summed E-state index contributed by atoms with van der Waals surface area (Å²) >= 11 is 0. The lowest BCUT2D eigenvalue weighted by atomic mass is 10.0. The maximum atomic E-state index is 4.45. The zero-order valence-electron chi connectivity index (χ0n) is 12.3. The molecule has 0 saturated heterocycles. The molecule has 0 radical (unpaired) electrons. The molecule has 102 valence electrons. The van der Waals surface area contributed by atoms with Crippen molar-refractivity contribution in [2.45, 2.75) is 46.8 Å². The summed E-state index contributed by atoms with van der Waals surface area (Å²) in [6.45, 7) is 10.4. The first kappa shape index (κ1) is 13.8. The third kappa shape index (κ3) is 3.44. The second-order valence-corrected chi connectivity index (χ2v) is 5.39. The molecule has 1 aromatic carbocycles. The van der Waals surface area contributed by atoms with Crippen LogP contribution in [0.4, 0.5) is 0 Å². The zero-order chi connectivity index (χ0) is 13.8. The average Bonchev–Trinajstić information content (AvgIpc) is 2.79. The van der Waals surface area contributed by atoms with Crippen LogP contribution in [0.3, 0.4) is 0 Å². The Morgan fingerprint density at radius 1 is 1.16 bits per heavy atom. The predicted octanol–water partition coefficient (Wildman–Crippen LogP) is 3.05. The molecule has 2 rings (SSSR count). The van der Waals surface area contributed by atoms with Gasteiger partial charge in [-0.1, -0.05) is 32.0 Å². The first-order valence-electron chi connectivity index (χ1n) is 6.87. The highest BCUT2D eigenvalue weighted by Crippen LogP contribution is 2.15. The number of aryl methyl sites for hydroxylation is 2. The Balaban J connectivity index is 2.17. The van der Waals surface area contributed by atoms with E-state index in [1.807, 2.05) is 6.20 Å². The summed E-state index contributed by atoms with van der Waals surface area (Å²) in [6.07, 6.45) is 1.88. The van der Waals surface area contributed by atoms with E-state index in [1.165, 1.54) is 22.4 Å². The van der Waals surface area contributed by atoms with Gasteiger partial charge in [0.2, 0.25) is 0 Å². The van der Waals surface area contributed by atoms with Gasteiger partial charge >= 0.3 is 0 Å². The summed E-state index contributed by atoms with van der Waals surface area (Å²) in [5.74, 6) is 0. The largest absolute Gasteiger partial charge is 0.309 e. The Bertz CT molecular complexity index is 520. The molecule has 0 aliphatic carbocycles. The minimum atomic E-state index is 0.489. The number of nitrogens with zero attached hydrogens (tertiary/aromatic N) is 2. The van der Waals surface area contributed by atoms with E-state index in [4.69, 9.17) is 0 Å². The van der Waals surface area contributed by atoms with E-state index >= 15 is 0 Å². The van der Waals surface area contributed by atoms with Crippen molar-refractivity contribution < 1.29 is 0 Å². The molecule has 1 heterocycles. The number of hydrogen-bond donors (Lipinski definition) is 1. The fourth-order valence-electron chi connectivity index (χ4n) is 2.21. The van der Waals surface area contributed by atoms with Crippen LogP contribution in [0.25, 0.3) is 0 Å². The van der Waals surface area contributed by atoms with E-state index < -0.39 is 0 Å². The molecular formula is C16H23N3. The van der Waals surface area contributed by atoms with Crippen LogP contribution in [0.1, 0.15) is 36.2 Å². The van der Waals surface area contributed by atoms with Crippen molar-refractivity contribution in [2.24, 2.45) is 0 Å². The topological polar surface area (TPSA) is 29.9 Å². The fraction of sp³-hybridized carbons (Fsp3) is 0.438. The highest BCUT2D eigenvalue weighted by Gasteiger charge is 2.07. The highest BCUT2D eigenvalue weighted by molar-refractivity contribution is 5.33. The van der Waals surface area contributed by atoms with Crippen molar-refractivity contribution in [1.82, 2.24) is 15.1 Å². The molecular weight excluding hydrogens is 234 g/mol. The lowest BCUT2D eigenvalue weighted by molar-refractivity contribution is 0.546. The molecule has 0 spiro atoms. The zero-order valence-corrected chi connectivity index (χ0v) is 12.3. The fourth-order valence-corrected chi connectivity index (χ4v) is 2.21. The van der Waals surface area contributed by atoms with Gasteiger partial charge in [0.1, 0.15) is 0 Å². The Labute approximate surface area is 115 Å². The molecule has 19 heavy (non-hydrogen) atoms. The molecule has 1 aromatic heterocycles. The van der Waals surface area contributed by atoms with Gasteiger partial charge in [0, 0.05) is 18.8 Å². The van der Waals surface area contributed by atoms with Crippen molar-refractivity contribution in [2.75, 3.05) is 0 Å². The van der Waals surface area contributed by atoms with Crippen LogP contribution in [0, 0.1) is 13.8 Å². The second-order valence-electron chi connectivity index (χ2n) is 5.39. The van der Waals surface area contributed by atoms with Gasteiger partial charge in [-0.15, -0.1) is 0 Å². The average molecular weight is 257 g/mol. The first-order chi connectivity index (χ1) is 9.08. The molecule has 0 atom stereocenters. The number of nitrogens with one attached hydrogen (secondary N) is 1. The first-order valence-corrected chi connectivity index (χ1v) is 6.87. The van der Waals surface area contributed by atoms with E-state index in [0.29, 0.717) is 6.04 Å². The van der Waals surface area contributed by atoms with Crippen LogP contribution in [-0.4, -0.2) is 15.8 Å². The standard InChI is InChI=1S/C16H23N3/c1-12(2)17-10-15-8-9-18-19(15)11-16-13(3)6-5-7-14(16)4/h5-9,12,17H,10-11H2,1-4H3. The molecule has 0 bridgehead atoms. The quantitative estimate of drug-likeness (QED) is 0.892. The van der Waals surface area contributed by atoms with Crippen molar-refractivity contribution in [3.05, 3.63) is 52.8 Å². The van der Waals surface area contributed by atoms with Gasteiger partial charge in [0.15, 0.2) is 0 Å². The molecule has 0 fully saturated rings. The van der Waals surface area contributed by atoms with Crippen LogP contribution < -0.4 is 5.32 Å². The van der Waals surface area contributed by atoms with E-state index in [0.717, 1.165) is 13.1 Å². The van der Waals surface area contributed by atoms with Crippen molar-refractivity contribution >= 4 is 0 Å². The van der Waals surface area contributed by atoms with E-state index in [1.54, 1.807) is 0 Å². The van der Waals surface area contributed by atoms with Gasteiger partial charge in [-0.2, -0.15) is 5.10 Å². The Hall–Kier alpha value is -1.61. The minimum absolute atomic E-state index is 0.489. The number of aromatic nitrogens is 2. The molecule has 2 aromatic rings. The van der Waals surface area contributed by atoms with Crippen LogP contribution in [0.15, 0.2) is 30.5 Å². The maximum Gasteiger partial charge on any atom is 0.0668 e. The Morgan fingerprint density at radius 2 is 1.84 bits per heavy atom. The Morgan fingerprint density at radius 3 is 2.47 bits per heavy atom.